The van der Waals surface area contributed by atoms with Crippen molar-refractivity contribution in [2.75, 3.05) is 0 Å². The summed E-state index contributed by atoms with van der Waals surface area (Å²) in [5, 5.41) is 2.74. The van der Waals surface area contributed by atoms with E-state index in [1.165, 1.54) is 59.2 Å². The van der Waals surface area contributed by atoms with Gasteiger partial charge in [0.15, 0.2) is 12.2 Å². The molecule has 1 aliphatic rings. The van der Waals surface area contributed by atoms with Gasteiger partial charge in [0.2, 0.25) is 5.69 Å². The van der Waals surface area contributed by atoms with Crippen molar-refractivity contribution in [2.24, 2.45) is 5.92 Å². The monoisotopic (exact) mass is 647 g/mol. The summed E-state index contributed by atoms with van der Waals surface area (Å²) in [5.41, 5.74) is 10.7. The first-order valence-corrected chi connectivity index (χ1v) is 18.3. The lowest BCUT2D eigenvalue weighted by Crippen LogP contribution is -2.41. The van der Waals surface area contributed by atoms with Crippen LogP contribution in [0, 0.1) is 19.8 Å². The third kappa shape index (κ3) is 4.74. The molecule has 0 aliphatic carbocycles. The van der Waals surface area contributed by atoms with Crippen LogP contribution in [0.3, 0.4) is 0 Å². The van der Waals surface area contributed by atoms with Gasteiger partial charge in [-0.2, -0.15) is 4.57 Å². The van der Waals surface area contributed by atoms with E-state index in [0.29, 0.717) is 5.92 Å². The molecular formula is C43H43N4S+. The molecule has 0 amide bonds. The van der Waals surface area contributed by atoms with E-state index in [0.717, 1.165) is 37.2 Å². The lowest BCUT2D eigenvalue weighted by Gasteiger charge is -2.41. The average molecular weight is 648 g/mol. The number of pyridine rings is 2. The number of aryl methyl sites for hydroxylation is 2. The van der Waals surface area contributed by atoms with Crippen LogP contribution in [0.2, 0.25) is 0 Å². The second kappa shape index (κ2) is 12.1. The van der Waals surface area contributed by atoms with Gasteiger partial charge in [-0.3, -0.25) is 9.55 Å². The summed E-state index contributed by atoms with van der Waals surface area (Å²) >= 11 is 1.95. The minimum atomic E-state index is -0.0225. The number of hydrogen-bond acceptors (Lipinski definition) is 3. The standard InChI is InChI=1S/C43H43N4S/c1-6-30(5)43(7-2,36-14-10-8-13-34(36)42-45-24-25-46(42)31-19-22-44-23-20-31)21-18-37-35-17-16-33-32-12-9-11-15-39(32)48-41(33)40(35)38-26-28(3)29(4)27-47(37)38/h8-17,19-20,22-27,30,37H,6-7,18,21H2,1-5H3/q+1. The molecule has 8 rings (SSSR count). The Balaban J connectivity index is 1.26. The summed E-state index contributed by atoms with van der Waals surface area (Å²) in [6.07, 6.45) is 14.4. The third-order valence-corrected chi connectivity index (χ3v) is 12.7. The molecule has 5 heterocycles. The fourth-order valence-electron chi connectivity index (χ4n) is 8.50. The van der Waals surface area contributed by atoms with E-state index in [-0.39, 0.29) is 11.5 Å². The van der Waals surface area contributed by atoms with Crippen LogP contribution in [0.15, 0.2) is 110 Å². The number of nitrogens with zero attached hydrogens (tertiary/aromatic N) is 4. The maximum absolute atomic E-state index is 4.96. The van der Waals surface area contributed by atoms with Crippen LogP contribution in [-0.2, 0) is 5.41 Å². The molecule has 3 unspecified atom stereocenters. The Kier molecular flexibility index (Phi) is 7.76. The van der Waals surface area contributed by atoms with E-state index in [2.05, 4.69) is 140 Å². The van der Waals surface area contributed by atoms with Crippen LogP contribution in [0.25, 0.3) is 48.5 Å². The molecular weight excluding hydrogens is 605 g/mol. The third-order valence-electron chi connectivity index (χ3n) is 11.5. The maximum atomic E-state index is 4.96. The fraction of sp³-hybridized carbons (Fsp3) is 0.279. The molecule has 0 saturated heterocycles. The molecule has 3 atom stereocenters. The molecule has 3 aromatic carbocycles. The molecule has 5 heteroatoms. The molecule has 4 aromatic heterocycles. The normalized spacial score (nSPS) is 15.8. The minimum absolute atomic E-state index is 0.0225. The highest BCUT2D eigenvalue weighted by molar-refractivity contribution is 7.26. The quantitative estimate of drug-likeness (QED) is 0.146. The second-order valence-electron chi connectivity index (χ2n) is 13.7. The van der Waals surface area contributed by atoms with Gasteiger partial charge in [-0.25, -0.2) is 4.98 Å². The summed E-state index contributed by atoms with van der Waals surface area (Å²) in [6.45, 7) is 11.7. The molecule has 1 aliphatic heterocycles. The maximum Gasteiger partial charge on any atom is 0.215 e. The Morgan fingerprint density at radius 2 is 1.69 bits per heavy atom. The smallest absolute Gasteiger partial charge is 0.215 e. The number of rotatable bonds is 9. The predicted molar refractivity (Wildman–Crippen MR) is 200 cm³/mol. The summed E-state index contributed by atoms with van der Waals surface area (Å²) < 4.78 is 7.60. The first kappa shape index (κ1) is 30.7. The van der Waals surface area contributed by atoms with Crippen molar-refractivity contribution in [3.05, 3.63) is 132 Å². The number of hydrogen-bond donors (Lipinski definition) is 0. The lowest BCUT2D eigenvalue weighted by molar-refractivity contribution is -0.699. The highest BCUT2D eigenvalue weighted by atomic mass is 32.1. The molecule has 0 N–H and O–H groups in total. The van der Waals surface area contributed by atoms with Crippen LogP contribution in [0.1, 0.15) is 74.8 Å². The number of fused-ring (bicyclic) bond motifs is 7. The van der Waals surface area contributed by atoms with Crippen molar-refractivity contribution < 1.29 is 4.57 Å². The topological polar surface area (TPSA) is 34.6 Å². The van der Waals surface area contributed by atoms with Gasteiger partial charge in [0.25, 0.3) is 0 Å². The molecule has 0 fully saturated rings. The average Bonchev–Trinajstić information content (AvgIpc) is 3.84. The Morgan fingerprint density at radius 1 is 0.896 bits per heavy atom. The van der Waals surface area contributed by atoms with E-state index in [1.807, 2.05) is 29.9 Å². The Bertz CT molecular complexity index is 2280. The first-order chi connectivity index (χ1) is 23.4. The van der Waals surface area contributed by atoms with Crippen molar-refractivity contribution in [2.45, 2.75) is 71.8 Å². The number of benzene rings is 3. The summed E-state index contributed by atoms with van der Waals surface area (Å²) in [4.78, 5) is 9.22. The van der Waals surface area contributed by atoms with Gasteiger partial charge < -0.3 is 0 Å². The van der Waals surface area contributed by atoms with Crippen molar-refractivity contribution in [1.82, 2.24) is 14.5 Å². The van der Waals surface area contributed by atoms with Crippen LogP contribution < -0.4 is 4.57 Å². The zero-order valence-corrected chi connectivity index (χ0v) is 29.4. The van der Waals surface area contributed by atoms with E-state index in [1.54, 1.807) is 0 Å². The van der Waals surface area contributed by atoms with Crippen molar-refractivity contribution in [3.63, 3.8) is 0 Å². The molecule has 7 aromatic rings. The second-order valence-corrected chi connectivity index (χ2v) is 14.7. The number of thiophene rings is 1. The van der Waals surface area contributed by atoms with Gasteiger partial charge in [0.1, 0.15) is 5.82 Å². The predicted octanol–water partition coefficient (Wildman–Crippen LogP) is 11.0. The molecule has 0 spiro atoms. The van der Waals surface area contributed by atoms with Crippen molar-refractivity contribution in [3.8, 4) is 28.3 Å². The summed E-state index contributed by atoms with van der Waals surface area (Å²) in [5.74, 6) is 1.48. The van der Waals surface area contributed by atoms with Gasteiger partial charge in [0, 0.05) is 74.1 Å². The van der Waals surface area contributed by atoms with Gasteiger partial charge >= 0.3 is 0 Å². The highest BCUT2D eigenvalue weighted by Gasteiger charge is 2.43. The molecule has 0 bridgehead atoms. The molecule has 4 nitrogen and oxygen atoms in total. The Labute approximate surface area is 287 Å². The Hall–Kier alpha value is -4.61. The fourth-order valence-corrected chi connectivity index (χ4v) is 9.77. The van der Waals surface area contributed by atoms with E-state index in [9.17, 15) is 0 Å². The van der Waals surface area contributed by atoms with Crippen molar-refractivity contribution >= 4 is 31.5 Å². The van der Waals surface area contributed by atoms with Crippen LogP contribution in [-0.4, -0.2) is 14.5 Å². The SMILES string of the molecule is CCC(C)C(CC)(CCC1c2ccc3c(sc4ccccc43)c2-c2cc(C)c(C)c[n+]21)c1ccccc1-c1nccn1-c1ccncc1. The van der Waals surface area contributed by atoms with Gasteiger partial charge in [-0.05, 0) is 67.3 Å². The largest absolute Gasteiger partial charge is 0.300 e. The molecule has 0 radical (unpaired) electrons. The summed E-state index contributed by atoms with van der Waals surface area (Å²) in [6, 6.07) is 29.6. The van der Waals surface area contributed by atoms with Gasteiger partial charge in [0.05, 0.1) is 11.3 Å². The number of imidazole rings is 1. The van der Waals surface area contributed by atoms with E-state index < -0.39 is 0 Å². The lowest BCUT2D eigenvalue weighted by atomic mass is 9.63. The molecule has 48 heavy (non-hydrogen) atoms. The van der Waals surface area contributed by atoms with Gasteiger partial charge in [-0.1, -0.05) is 81.8 Å². The Morgan fingerprint density at radius 3 is 2.50 bits per heavy atom. The molecule has 0 saturated carbocycles. The summed E-state index contributed by atoms with van der Waals surface area (Å²) in [7, 11) is 0. The highest BCUT2D eigenvalue weighted by Crippen LogP contribution is 2.50. The minimum Gasteiger partial charge on any atom is -0.300 e. The zero-order valence-electron chi connectivity index (χ0n) is 28.6. The van der Waals surface area contributed by atoms with Crippen LogP contribution in [0.5, 0.6) is 0 Å². The van der Waals surface area contributed by atoms with Crippen LogP contribution >= 0.6 is 11.3 Å². The zero-order chi connectivity index (χ0) is 33.0. The van der Waals surface area contributed by atoms with E-state index >= 15 is 0 Å². The van der Waals surface area contributed by atoms with Crippen LogP contribution in [0.4, 0.5) is 0 Å². The van der Waals surface area contributed by atoms with E-state index in [4.69, 9.17) is 4.98 Å². The number of aromatic nitrogens is 4. The van der Waals surface area contributed by atoms with Crippen molar-refractivity contribution in [1.29, 1.82) is 0 Å². The first-order valence-electron chi connectivity index (χ1n) is 17.5. The molecule has 240 valence electrons. The van der Waals surface area contributed by atoms with Gasteiger partial charge in [-0.15, -0.1) is 11.3 Å².